The molecule has 1 saturated heterocycles. The van der Waals surface area contributed by atoms with Crippen LogP contribution < -0.4 is 9.80 Å². The van der Waals surface area contributed by atoms with Gasteiger partial charge in [-0.2, -0.15) is 26.3 Å². The number of anilines is 2. The molecule has 1 aliphatic rings. The van der Waals surface area contributed by atoms with E-state index in [0.29, 0.717) is 45.8 Å². The molecule has 13 heteroatoms. The number of hydrogen-bond donors (Lipinski definition) is 0. The zero-order chi connectivity index (χ0) is 37.6. The number of hydrogen-bond acceptors (Lipinski definition) is 7. The molecule has 1 aromatic heterocycles. The predicted molar refractivity (Wildman–Crippen MR) is 187 cm³/mol. The number of Topliss-reactive ketones (excluding diaryl/α,β-unsaturated/α-hetero) is 1. The Labute approximate surface area is 299 Å². The molecule has 0 aliphatic carbocycles. The van der Waals surface area contributed by atoms with Gasteiger partial charge >= 0.3 is 12.4 Å². The number of aromatic nitrogens is 2. The summed E-state index contributed by atoms with van der Waals surface area (Å²) in [6, 6.07) is 13.5. The SMILES string of the molecule is CC(=O)CCCOC(C)c1ccc(C)c(-c2ccc(C)cc2CN(Cc2cc(C(F)(F)F)cc(C(F)(F)F)c2)c2ncc(N3CCOCC3)cn2)c1. The Kier molecular flexibility index (Phi) is 12.3. The maximum atomic E-state index is 13.9. The Bertz CT molecular complexity index is 1810. The van der Waals surface area contributed by atoms with Gasteiger partial charge in [-0.25, -0.2) is 9.97 Å². The van der Waals surface area contributed by atoms with Crippen molar-refractivity contribution >= 4 is 17.4 Å². The summed E-state index contributed by atoms with van der Waals surface area (Å²) >= 11 is 0. The van der Waals surface area contributed by atoms with Crippen LogP contribution in [-0.2, 0) is 39.7 Å². The van der Waals surface area contributed by atoms with Gasteiger partial charge in [0.1, 0.15) is 5.78 Å². The molecule has 5 rings (SSSR count). The molecule has 3 aromatic carbocycles. The van der Waals surface area contributed by atoms with E-state index in [2.05, 4.69) is 9.97 Å². The highest BCUT2D eigenvalue weighted by Gasteiger charge is 2.37. The number of carbonyl (C=O) groups is 1. The summed E-state index contributed by atoms with van der Waals surface area (Å²) in [6.45, 7) is 9.84. The van der Waals surface area contributed by atoms with E-state index in [0.717, 1.165) is 51.2 Å². The number of rotatable bonds is 13. The van der Waals surface area contributed by atoms with E-state index in [9.17, 15) is 31.1 Å². The first-order valence-corrected chi connectivity index (χ1v) is 17.1. The summed E-state index contributed by atoms with van der Waals surface area (Å²) in [5.41, 5.74) is 3.07. The van der Waals surface area contributed by atoms with Gasteiger partial charge in [0.15, 0.2) is 0 Å². The normalized spacial score (nSPS) is 14.4. The molecule has 7 nitrogen and oxygen atoms in total. The molecule has 0 spiro atoms. The highest BCUT2D eigenvalue weighted by molar-refractivity contribution is 5.75. The largest absolute Gasteiger partial charge is 0.416 e. The fourth-order valence-corrected chi connectivity index (χ4v) is 6.17. The van der Waals surface area contributed by atoms with E-state index in [1.165, 1.54) is 0 Å². The smallest absolute Gasteiger partial charge is 0.378 e. The molecule has 1 fully saturated rings. The summed E-state index contributed by atoms with van der Waals surface area (Å²) in [6.07, 6.45) is -5.98. The van der Waals surface area contributed by atoms with Crippen LogP contribution in [0.1, 0.15) is 71.7 Å². The lowest BCUT2D eigenvalue weighted by molar-refractivity contribution is -0.143. The summed E-state index contributed by atoms with van der Waals surface area (Å²) in [7, 11) is 0. The average Bonchev–Trinajstić information content (AvgIpc) is 3.10. The van der Waals surface area contributed by atoms with Gasteiger partial charge in [-0.3, -0.25) is 0 Å². The third-order valence-corrected chi connectivity index (χ3v) is 8.99. The van der Waals surface area contributed by atoms with E-state index in [4.69, 9.17) is 9.47 Å². The molecule has 1 unspecified atom stereocenters. The first kappa shape index (κ1) is 38.7. The second kappa shape index (κ2) is 16.5. The van der Waals surface area contributed by atoms with Crippen LogP contribution >= 0.6 is 0 Å². The monoisotopic (exact) mass is 728 g/mol. The van der Waals surface area contributed by atoms with Gasteiger partial charge < -0.3 is 24.1 Å². The van der Waals surface area contributed by atoms with E-state index in [1.54, 1.807) is 24.2 Å². The van der Waals surface area contributed by atoms with Crippen molar-refractivity contribution in [2.75, 3.05) is 42.7 Å². The van der Waals surface area contributed by atoms with Crippen molar-refractivity contribution in [1.82, 2.24) is 9.97 Å². The van der Waals surface area contributed by atoms with Crippen LogP contribution in [0.3, 0.4) is 0 Å². The van der Waals surface area contributed by atoms with E-state index >= 15 is 0 Å². The Hall–Kier alpha value is -4.49. The molecule has 0 radical (unpaired) electrons. The number of nitrogens with zero attached hydrogens (tertiary/aromatic N) is 4. The minimum Gasteiger partial charge on any atom is -0.378 e. The second-order valence-corrected chi connectivity index (χ2v) is 13.2. The number of carbonyl (C=O) groups excluding carboxylic acids is 1. The van der Waals surface area contributed by atoms with Crippen LogP contribution in [0, 0.1) is 13.8 Å². The number of alkyl halides is 6. The molecule has 0 amide bonds. The van der Waals surface area contributed by atoms with Gasteiger partial charge in [0, 0.05) is 39.2 Å². The Morgan fingerprint density at radius 1 is 0.885 bits per heavy atom. The van der Waals surface area contributed by atoms with Crippen LogP contribution in [-0.4, -0.2) is 48.7 Å². The van der Waals surface area contributed by atoms with E-state index < -0.39 is 23.5 Å². The lowest BCUT2D eigenvalue weighted by Gasteiger charge is -2.29. The molecule has 0 bridgehead atoms. The minimum atomic E-state index is -4.99. The van der Waals surface area contributed by atoms with Gasteiger partial charge in [0.2, 0.25) is 5.95 Å². The third kappa shape index (κ3) is 10.1. The van der Waals surface area contributed by atoms with Crippen LogP contribution in [0.4, 0.5) is 38.0 Å². The van der Waals surface area contributed by atoms with Crippen molar-refractivity contribution < 1.29 is 40.6 Å². The van der Waals surface area contributed by atoms with Gasteiger partial charge in [-0.15, -0.1) is 0 Å². The fraction of sp³-hybridized carbons (Fsp3) is 0.410. The first-order valence-electron chi connectivity index (χ1n) is 17.1. The third-order valence-electron chi connectivity index (χ3n) is 8.99. The molecule has 2 heterocycles. The Balaban J connectivity index is 1.54. The molecule has 4 aromatic rings. The minimum absolute atomic E-state index is 0.0757. The molecule has 1 atom stereocenters. The van der Waals surface area contributed by atoms with Gasteiger partial charge in [-0.05, 0) is 91.8 Å². The quantitative estimate of drug-likeness (QED) is 0.100. The summed E-state index contributed by atoms with van der Waals surface area (Å²) in [4.78, 5) is 24.1. The zero-order valence-electron chi connectivity index (χ0n) is 29.6. The summed E-state index contributed by atoms with van der Waals surface area (Å²) < 4.78 is 94.6. The van der Waals surface area contributed by atoms with Gasteiger partial charge in [-0.1, -0.05) is 35.9 Å². The Morgan fingerprint density at radius 2 is 1.54 bits per heavy atom. The summed E-state index contributed by atoms with van der Waals surface area (Å²) in [5.74, 6) is 0.246. The highest BCUT2D eigenvalue weighted by atomic mass is 19.4. The van der Waals surface area contributed by atoms with E-state index in [1.807, 2.05) is 62.1 Å². The second-order valence-electron chi connectivity index (χ2n) is 13.2. The van der Waals surface area contributed by atoms with Crippen LogP contribution in [0.2, 0.25) is 0 Å². The number of morpholine rings is 1. The van der Waals surface area contributed by atoms with Crippen molar-refractivity contribution in [3.8, 4) is 11.1 Å². The molecule has 0 saturated carbocycles. The number of ether oxygens (including phenoxy) is 2. The first-order chi connectivity index (χ1) is 24.6. The molecular weight excluding hydrogens is 686 g/mol. The molecule has 52 heavy (non-hydrogen) atoms. The maximum Gasteiger partial charge on any atom is 0.416 e. The zero-order valence-corrected chi connectivity index (χ0v) is 29.6. The standard InChI is InChI=1S/C39H42F6N4O3/c1-25-7-10-35(36-19-30(9-8-26(36)2)28(4)52-13-5-6-27(3)50)31(16-25)24-49(37-46-21-34(22-47-37)48-11-14-51-15-12-48)23-29-17-32(38(40,41)42)20-33(18-29)39(43,44)45/h7-10,16-22,28H,5-6,11-15,23-24H2,1-4H3. The topological polar surface area (TPSA) is 67.8 Å². The molecular formula is C39H42F6N4O3. The predicted octanol–water partition coefficient (Wildman–Crippen LogP) is 9.29. The van der Waals surface area contributed by atoms with Gasteiger partial charge in [0.25, 0.3) is 0 Å². The number of benzene rings is 3. The fourth-order valence-electron chi connectivity index (χ4n) is 6.17. The molecule has 278 valence electrons. The average molecular weight is 729 g/mol. The van der Waals surface area contributed by atoms with Crippen LogP contribution in [0.5, 0.6) is 0 Å². The van der Waals surface area contributed by atoms with Crippen molar-refractivity contribution in [1.29, 1.82) is 0 Å². The van der Waals surface area contributed by atoms with Crippen molar-refractivity contribution in [3.05, 3.63) is 106 Å². The lowest BCUT2D eigenvalue weighted by Crippen LogP contribution is -2.36. The van der Waals surface area contributed by atoms with E-state index in [-0.39, 0.29) is 42.6 Å². The lowest BCUT2D eigenvalue weighted by atomic mass is 9.92. The van der Waals surface area contributed by atoms with Gasteiger partial charge in [0.05, 0.1) is 48.5 Å². The number of halogens is 6. The molecule has 1 aliphatic heterocycles. The Morgan fingerprint density at radius 3 is 2.15 bits per heavy atom. The highest BCUT2D eigenvalue weighted by Crippen LogP contribution is 2.38. The number of ketones is 1. The van der Waals surface area contributed by atoms with Crippen molar-refractivity contribution in [3.63, 3.8) is 0 Å². The van der Waals surface area contributed by atoms with Crippen molar-refractivity contribution in [2.45, 2.75) is 72.1 Å². The van der Waals surface area contributed by atoms with Crippen LogP contribution in [0.15, 0.2) is 67.0 Å². The number of aryl methyl sites for hydroxylation is 2. The van der Waals surface area contributed by atoms with Crippen molar-refractivity contribution in [2.24, 2.45) is 0 Å². The van der Waals surface area contributed by atoms with Crippen LogP contribution in [0.25, 0.3) is 11.1 Å². The molecule has 0 N–H and O–H groups in total. The maximum absolute atomic E-state index is 13.9. The summed E-state index contributed by atoms with van der Waals surface area (Å²) in [5, 5.41) is 0.